The molecule has 1 N–H and O–H groups in total. The summed E-state index contributed by atoms with van der Waals surface area (Å²) in [5.74, 6) is 0. The summed E-state index contributed by atoms with van der Waals surface area (Å²) in [4.78, 5) is 0. The summed E-state index contributed by atoms with van der Waals surface area (Å²) >= 11 is -1.51. The van der Waals surface area contributed by atoms with Gasteiger partial charge in [-0.3, -0.25) is 0 Å². The molecule has 0 saturated carbocycles. The molecule has 0 aliphatic rings. The number of hydrogen-bond donors (Lipinski definition) is 1. The fourth-order valence-electron chi connectivity index (χ4n) is 0.0109. The van der Waals surface area contributed by atoms with Gasteiger partial charge in [0.05, 0.1) is 0 Å². The first-order valence-electron chi connectivity index (χ1n) is 0.683. The zero-order valence-electron chi connectivity index (χ0n) is 2.05. The molecule has 0 atom stereocenters. The number of hydrogen-bond acceptors (Lipinski definition) is 3. The van der Waals surface area contributed by atoms with Gasteiger partial charge in [-0.05, 0) is 0 Å². The van der Waals surface area contributed by atoms with Crippen molar-refractivity contribution < 1.29 is 26.2 Å². The zero-order valence-corrected chi connectivity index (χ0v) is 4.32. The predicted octanol–water partition coefficient (Wildman–Crippen LogP) is -0.0129. The average Bonchev–Trinajstić information content (AvgIpc) is 1.41. The van der Waals surface area contributed by atoms with Crippen LogP contribution in [-0.2, 0) is 21.7 Å². The molecule has 0 aromatic heterocycles. The Labute approximate surface area is 36.2 Å². The minimum atomic E-state index is -1.51. The van der Waals surface area contributed by atoms with E-state index in [2.05, 4.69) is 3.60 Å². The van der Waals surface area contributed by atoms with Crippen molar-refractivity contribution in [1.82, 2.24) is 5.65 Å². The number of nitrogens with zero attached hydrogens (tertiary/aromatic N) is 1. The second kappa shape index (κ2) is 4.18. The van der Waals surface area contributed by atoms with E-state index in [1.807, 2.05) is 0 Å². The van der Waals surface area contributed by atoms with E-state index in [1.54, 1.807) is 0 Å². The SMILES string of the molecule is [O]=[Pt]=[N]NF. The number of nitrogens with one attached hydrogen (secondary N) is 1. The third-order valence-electron chi connectivity index (χ3n) is 0.0556. The van der Waals surface area contributed by atoms with E-state index >= 15 is 0 Å². The van der Waals surface area contributed by atoms with Gasteiger partial charge in [-0.25, -0.2) is 0 Å². The molecule has 0 heterocycles. The summed E-state index contributed by atoms with van der Waals surface area (Å²) in [5.41, 5.74) is 0.879. The van der Waals surface area contributed by atoms with Gasteiger partial charge in [-0.15, -0.1) is 0 Å². The molecule has 0 spiro atoms. The Hall–Kier alpha value is 0.178. The van der Waals surface area contributed by atoms with E-state index in [4.69, 9.17) is 0 Å². The Morgan fingerprint density at radius 3 is 2.60 bits per heavy atom. The Morgan fingerprint density at radius 1 is 2.00 bits per heavy atom. The summed E-state index contributed by atoms with van der Waals surface area (Å²) in [7, 11) is 0. The van der Waals surface area contributed by atoms with Gasteiger partial charge in [-0.2, -0.15) is 0 Å². The second-order valence-electron chi connectivity index (χ2n) is 0.213. The van der Waals surface area contributed by atoms with E-state index in [9.17, 15) is 7.88 Å². The molecular formula is HFN2OPt. The predicted molar refractivity (Wildman–Crippen MR) is 7.36 cm³/mol. The third-order valence-corrected chi connectivity index (χ3v) is 0.455. The summed E-state index contributed by atoms with van der Waals surface area (Å²) in [6.07, 6.45) is 0. The first-order valence-corrected chi connectivity index (χ1v) is 2.63. The fraction of sp³-hybridized carbons (Fsp3) is 0. The maximum atomic E-state index is 10.4. The van der Waals surface area contributed by atoms with Crippen LogP contribution in [0.15, 0.2) is 3.60 Å². The molecule has 5 heavy (non-hydrogen) atoms. The quantitative estimate of drug-likeness (QED) is 0.531. The van der Waals surface area contributed by atoms with E-state index in [1.165, 1.54) is 0 Å². The van der Waals surface area contributed by atoms with Crippen molar-refractivity contribution in [3.63, 3.8) is 0 Å². The molecule has 0 amide bonds. The maximum absolute atomic E-state index is 10.4. The molecule has 0 fully saturated rings. The van der Waals surface area contributed by atoms with Crippen molar-refractivity contribution in [2.24, 2.45) is 3.60 Å². The number of halogens is 1. The van der Waals surface area contributed by atoms with Crippen molar-refractivity contribution in [3.8, 4) is 0 Å². The fourth-order valence-corrected chi connectivity index (χ4v) is 0.0893. The molecule has 0 aromatic carbocycles. The summed E-state index contributed by atoms with van der Waals surface area (Å²) in [5, 5.41) is 0. The van der Waals surface area contributed by atoms with Crippen molar-refractivity contribution in [2.45, 2.75) is 0 Å². The molecule has 0 aliphatic heterocycles. The van der Waals surface area contributed by atoms with Crippen molar-refractivity contribution in [2.75, 3.05) is 0 Å². The van der Waals surface area contributed by atoms with Crippen LogP contribution in [0.3, 0.4) is 0 Å². The van der Waals surface area contributed by atoms with Gasteiger partial charge in [0, 0.05) is 0 Å². The van der Waals surface area contributed by atoms with Gasteiger partial charge in [0.1, 0.15) is 0 Å². The molecule has 0 bridgehead atoms. The van der Waals surface area contributed by atoms with E-state index in [0.29, 0.717) is 0 Å². The van der Waals surface area contributed by atoms with Crippen LogP contribution in [0.5, 0.6) is 0 Å². The molecule has 0 aromatic rings. The molecule has 0 radical (unpaired) electrons. The van der Waals surface area contributed by atoms with E-state index in [0.717, 1.165) is 5.65 Å². The van der Waals surface area contributed by atoms with Crippen LogP contribution in [-0.4, -0.2) is 0 Å². The monoisotopic (exact) mass is 259 g/mol. The Balaban J connectivity index is 2.93. The van der Waals surface area contributed by atoms with Crippen LogP contribution >= 0.6 is 0 Å². The normalized spacial score (nSPS) is 8.20. The first kappa shape index (κ1) is 5.18. The molecule has 0 aliphatic carbocycles. The standard InChI is InChI=1S/FHN2.O.Pt/c1-3-2;;/h3H;;. The number of rotatable bonds is 1. The molecule has 0 rings (SSSR count). The van der Waals surface area contributed by atoms with Crippen LogP contribution in [0, 0.1) is 0 Å². The van der Waals surface area contributed by atoms with Crippen molar-refractivity contribution in [1.29, 1.82) is 0 Å². The summed E-state index contributed by atoms with van der Waals surface area (Å²) in [6.45, 7) is 0. The van der Waals surface area contributed by atoms with Gasteiger partial charge in [0.15, 0.2) is 0 Å². The van der Waals surface area contributed by atoms with Crippen LogP contribution in [0.4, 0.5) is 4.48 Å². The summed E-state index contributed by atoms with van der Waals surface area (Å²) in [6, 6.07) is 0. The van der Waals surface area contributed by atoms with Crippen LogP contribution in [0.2, 0.25) is 0 Å². The first-order chi connectivity index (χ1) is 2.41. The van der Waals surface area contributed by atoms with E-state index < -0.39 is 18.3 Å². The Bertz CT molecular complexity index is 56.7. The molecule has 34 valence electrons. The molecule has 0 unspecified atom stereocenters. The van der Waals surface area contributed by atoms with Gasteiger partial charge in [-0.1, -0.05) is 0 Å². The van der Waals surface area contributed by atoms with Crippen LogP contribution in [0.1, 0.15) is 0 Å². The van der Waals surface area contributed by atoms with Gasteiger partial charge in [0.25, 0.3) is 0 Å². The minimum absolute atomic E-state index is 0.879. The third kappa shape index (κ3) is 4.18. The van der Waals surface area contributed by atoms with Gasteiger partial charge < -0.3 is 0 Å². The topological polar surface area (TPSA) is 41.5 Å². The molecule has 5 heteroatoms. The Morgan fingerprint density at radius 2 is 2.60 bits per heavy atom. The van der Waals surface area contributed by atoms with Crippen molar-refractivity contribution >= 4 is 0 Å². The van der Waals surface area contributed by atoms with Crippen LogP contribution < -0.4 is 5.65 Å². The van der Waals surface area contributed by atoms with Gasteiger partial charge >= 0.3 is 35.5 Å². The summed E-state index contributed by atoms with van der Waals surface area (Å²) < 4.78 is 22.2. The van der Waals surface area contributed by atoms with E-state index in [-0.39, 0.29) is 0 Å². The van der Waals surface area contributed by atoms with Crippen LogP contribution in [0.25, 0.3) is 0 Å². The average molecular weight is 259 g/mol. The second-order valence-corrected chi connectivity index (χ2v) is 1.14. The Kier molecular flexibility index (Phi) is 4.33. The van der Waals surface area contributed by atoms with Gasteiger partial charge in [0.2, 0.25) is 0 Å². The molecule has 3 nitrogen and oxygen atoms in total. The molecule has 0 saturated heterocycles. The van der Waals surface area contributed by atoms with Crippen molar-refractivity contribution in [3.05, 3.63) is 0 Å². The zero-order chi connectivity index (χ0) is 4.12. The molecular weight excluding hydrogens is 258 g/mol.